The number of nitro groups is 1. The van der Waals surface area contributed by atoms with Crippen LogP contribution in [0.25, 0.3) is 0 Å². The van der Waals surface area contributed by atoms with Gasteiger partial charge in [-0.2, -0.15) is 0 Å². The number of aryl methyl sites for hydroxylation is 1. The minimum atomic E-state index is -1.26. The number of hydrogen-bond acceptors (Lipinski definition) is 7. The van der Waals surface area contributed by atoms with E-state index in [1.807, 2.05) is 25.1 Å². The van der Waals surface area contributed by atoms with Crippen LogP contribution in [0.3, 0.4) is 0 Å². The van der Waals surface area contributed by atoms with E-state index in [9.17, 15) is 24.5 Å². The fourth-order valence-corrected chi connectivity index (χ4v) is 6.67. The largest absolute Gasteiger partial charge is 0.494 e. The smallest absolute Gasteiger partial charge is 0.273 e. The summed E-state index contributed by atoms with van der Waals surface area (Å²) in [4.78, 5) is 55.5. The molecular weight excluding hydrogens is 452 g/mol. The van der Waals surface area contributed by atoms with E-state index in [0.717, 1.165) is 28.9 Å². The maximum atomic E-state index is 14.1. The Hall–Kier alpha value is -3.79. The minimum absolute atomic E-state index is 0.0581. The normalized spacial score (nSPS) is 28.9. The molecule has 3 fully saturated rings. The third-order valence-electron chi connectivity index (χ3n) is 8.08. The third-order valence-corrected chi connectivity index (χ3v) is 8.08. The summed E-state index contributed by atoms with van der Waals surface area (Å²) in [5, 5.41) is 14.2. The van der Waals surface area contributed by atoms with E-state index in [-0.39, 0.29) is 29.1 Å². The number of amides is 3. The van der Waals surface area contributed by atoms with E-state index >= 15 is 0 Å². The average molecular weight is 476 g/mol. The summed E-state index contributed by atoms with van der Waals surface area (Å²) in [6, 6.07) is 9.39. The monoisotopic (exact) mass is 476 g/mol. The molecule has 0 bridgehead atoms. The number of rotatable bonds is 4. The second-order valence-corrected chi connectivity index (χ2v) is 9.49. The molecule has 4 atom stereocenters. The molecule has 3 amide bonds. The molecule has 4 aliphatic heterocycles. The van der Waals surface area contributed by atoms with Gasteiger partial charge in [0, 0.05) is 23.4 Å². The van der Waals surface area contributed by atoms with E-state index in [1.165, 1.54) is 25.3 Å². The van der Waals surface area contributed by atoms with E-state index in [2.05, 4.69) is 10.2 Å². The zero-order chi connectivity index (χ0) is 24.6. The number of benzene rings is 2. The third kappa shape index (κ3) is 2.60. The number of ether oxygens (including phenoxy) is 1. The molecule has 0 aromatic heterocycles. The fraction of sp³-hybridized carbons (Fsp3) is 0.400. The van der Waals surface area contributed by atoms with Crippen LogP contribution in [0, 0.1) is 22.0 Å². The highest BCUT2D eigenvalue weighted by molar-refractivity contribution is 6.26. The topological polar surface area (TPSA) is 122 Å². The van der Waals surface area contributed by atoms with Crippen LogP contribution in [0.2, 0.25) is 0 Å². The first-order valence-electron chi connectivity index (χ1n) is 11.8. The van der Waals surface area contributed by atoms with Crippen molar-refractivity contribution >= 4 is 34.8 Å². The highest BCUT2D eigenvalue weighted by Gasteiger charge is 2.74. The number of carbonyl (C=O) groups is 3. The molecule has 0 saturated carbocycles. The molecule has 35 heavy (non-hydrogen) atoms. The first-order valence-corrected chi connectivity index (χ1v) is 11.8. The zero-order valence-corrected chi connectivity index (χ0v) is 19.3. The van der Waals surface area contributed by atoms with Gasteiger partial charge in [0.2, 0.25) is 17.7 Å². The molecule has 2 aromatic carbocycles. The second-order valence-electron chi connectivity index (χ2n) is 9.49. The van der Waals surface area contributed by atoms with Crippen LogP contribution in [0.4, 0.5) is 17.1 Å². The number of nitrogens with zero attached hydrogens (tertiary/aromatic N) is 3. The molecule has 1 N–H and O–H groups in total. The first-order chi connectivity index (χ1) is 16.8. The van der Waals surface area contributed by atoms with Gasteiger partial charge in [-0.15, -0.1) is 0 Å². The van der Waals surface area contributed by atoms with Gasteiger partial charge in [-0.25, -0.2) is 4.90 Å². The van der Waals surface area contributed by atoms with Crippen LogP contribution in [0.1, 0.15) is 30.9 Å². The van der Waals surface area contributed by atoms with E-state index in [1.54, 1.807) is 0 Å². The van der Waals surface area contributed by atoms with Crippen LogP contribution in [-0.2, 0) is 26.3 Å². The van der Waals surface area contributed by atoms with Gasteiger partial charge in [0.05, 0.1) is 35.6 Å². The quantitative estimate of drug-likeness (QED) is 0.409. The van der Waals surface area contributed by atoms with Gasteiger partial charge in [0.1, 0.15) is 11.3 Å². The van der Waals surface area contributed by atoms with Crippen molar-refractivity contribution in [1.29, 1.82) is 0 Å². The molecule has 180 valence electrons. The number of carbonyl (C=O) groups excluding carboxylic acids is 3. The molecule has 10 nitrogen and oxygen atoms in total. The molecule has 4 aliphatic rings. The number of hydrogen-bond donors (Lipinski definition) is 1. The molecule has 0 radical (unpaired) electrons. The predicted molar refractivity (Wildman–Crippen MR) is 125 cm³/mol. The number of anilines is 2. The van der Waals surface area contributed by atoms with Gasteiger partial charge in [-0.3, -0.25) is 29.4 Å². The highest BCUT2D eigenvalue weighted by Crippen LogP contribution is 2.61. The van der Waals surface area contributed by atoms with Crippen LogP contribution >= 0.6 is 0 Å². The maximum Gasteiger partial charge on any atom is 0.273 e. The lowest BCUT2D eigenvalue weighted by atomic mass is 9.75. The van der Waals surface area contributed by atoms with Crippen LogP contribution < -0.4 is 15.0 Å². The minimum Gasteiger partial charge on any atom is -0.494 e. The van der Waals surface area contributed by atoms with Crippen LogP contribution in [0.15, 0.2) is 36.4 Å². The van der Waals surface area contributed by atoms with Crippen molar-refractivity contribution in [3.8, 4) is 5.75 Å². The second kappa shape index (κ2) is 7.35. The Morgan fingerprint density at radius 2 is 1.97 bits per heavy atom. The summed E-state index contributed by atoms with van der Waals surface area (Å²) in [5.41, 5.74) is 1.15. The molecule has 2 aromatic rings. The standard InChI is InChI=1S/C25H24N4O6/c1-3-13-6-8-16-15(11-13)25(24(32)26-16)21-20(18-5-4-10-27(18)25)22(30)28(23(21)31)17-9-7-14(29(33)34)12-19(17)35-2/h6-9,11-12,18,20-21H,3-5,10H2,1-2H3,(H,26,32)/t18-,20-,21+,25-/m1/s1. The number of methoxy groups -OCH3 is 1. The Balaban J connectivity index is 1.53. The molecule has 10 heteroatoms. The average Bonchev–Trinajstić information content (AvgIpc) is 3.56. The molecular formula is C25H24N4O6. The van der Waals surface area contributed by atoms with Gasteiger partial charge >= 0.3 is 0 Å². The van der Waals surface area contributed by atoms with Gasteiger partial charge < -0.3 is 10.1 Å². The van der Waals surface area contributed by atoms with Gasteiger partial charge in [-0.05, 0) is 43.5 Å². The Kier molecular flexibility index (Phi) is 4.56. The SMILES string of the molecule is CCc1ccc2c(c1)[C@]1(C(=O)N2)[C@@H]2C(=O)N(c3ccc([N+](=O)[O-])cc3OC)C(=O)[C@@H]2[C@H]2CCCN21. The van der Waals surface area contributed by atoms with Crippen molar-refractivity contribution in [2.75, 3.05) is 23.9 Å². The highest BCUT2D eigenvalue weighted by atomic mass is 16.6. The van der Waals surface area contributed by atoms with Crippen molar-refractivity contribution in [2.24, 2.45) is 11.8 Å². The van der Waals surface area contributed by atoms with Crippen molar-refractivity contribution in [3.05, 3.63) is 57.6 Å². The number of imide groups is 1. The number of nitro benzene ring substituents is 1. The van der Waals surface area contributed by atoms with Crippen molar-refractivity contribution in [1.82, 2.24) is 4.90 Å². The Bertz CT molecular complexity index is 1330. The summed E-state index contributed by atoms with van der Waals surface area (Å²) in [7, 11) is 1.33. The summed E-state index contributed by atoms with van der Waals surface area (Å²) in [5.74, 6) is -2.68. The van der Waals surface area contributed by atoms with Gasteiger partial charge in [0.25, 0.3) is 5.69 Å². The molecule has 0 unspecified atom stereocenters. The first kappa shape index (κ1) is 21.7. The molecule has 0 aliphatic carbocycles. The van der Waals surface area contributed by atoms with E-state index < -0.39 is 34.1 Å². The van der Waals surface area contributed by atoms with E-state index in [0.29, 0.717) is 18.7 Å². The maximum absolute atomic E-state index is 14.1. The molecule has 3 saturated heterocycles. The summed E-state index contributed by atoms with van der Waals surface area (Å²) >= 11 is 0. The Morgan fingerprint density at radius 3 is 2.69 bits per heavy atom. The summed E-state index contributed by atoms with van der Waals surface area (Å²) in [6.07, 6.45) is 2.31. The van der Waals surface area contributed by atoms with E-state index in [4.69, 9.17) is 4.74 Å². The molecule has 1 spiro atoms. The molecule has 6 rings (SSSR count). The Morgan fingerprint density at radius 1 is 1.17 bits per heavy atom. The fourth-order valence-electron chi connectivity index (χ4n) is 6.67. The number of nitrogens with one attached hydrogen (secondary N) is 1. The van der Waals surface area contributed by atoms with Crippen molar-refractivity contribution in [2.45, 2.75) is 37.8 Å². The van der Waals surface area contributed by atoms with Crippen LogP contribution in [-0.4, -0.2) is 47.2 Å². The van der Waals surface area contributed by atoms with Gasteiger partial charge in [0.15, 0.2) is 0 Å². The number of non-ortho nitro benzene ring substituents is 1. The van der Waals surface area contributed by atoms with Crippen LogP contribution in [0.5, 0.6) is 5.75 Å². The predicted octanol–water partition coefficient (Wildman–Crippen LogP) is 2.60. The lowest BCUT2D eigenvalue weighted by Crippen LogP contribution is -2.54. The zero-order valence-electron chi connectivity index (χ0n) is 19.3. The van der Waals surface area contributed by atoms with Crippen molar-refractivity contribution in [3.63, 3.8) is 0 Å². The van der Waals surface area contributed by atoms with Crippen molar-refractivity contribution < 1.29 is 24.0 Å². The molecule has 4 heterocycles. The van der Waals surface area contributed by atoms with Gasteiger partial charge in [-0.1, -0.05) is 19.1 Å². The summed E-state index contributed by atoms with van der Waals surface area (Å²) < 4.78 is 5.34. The lowest BCUT2D eigenvalue weighted by molar-refractivity contribution is -0.384. The summed E-state index contributed by atoms with van der Waals surface area (Å²) in [6.45, 7) is 2.66. The number of fused-ring (bicyclic) bond motifs is 7. The Labute approximate surface area is 201 Å². The lowest BCUT2D eigenvalue weighted by Gasteiger charge is -2.36.